The number of Topliss-reactive ketones (excluding diaryl/α,β-unsaturated/α-hetero) is 1. The predicted molar refractivity (Wildman–Crippen MR) is 163 cm³/mol. The van der Waals surface area contributed by atoms with Crippen molar-refractivity contribution in [2.24, 2.45) is 5.92 Å². The molecule has 0 bridgehead atoms. The molecule has 1 aliphatic heterocycles. The first-order valence-electron chi connectivity index (χ1n) is 14.2. The Balaban J connectivity index is 1.17. The second-order valence-electron chi connectivity index (χ2n) is 11.3. The number of benzene rings is 4. The van der Waals surface area contributed by atoms with E-state index in [-0.39, 0.29) is 30.1 Å². The number of hydrogen-bond acceptors (Lipinski definition) is 5. The summed E-state index contributed by atoms with van der Waals surface area (Å²) in [6.45, 7) is 8.10. The minimum Gasteiger partial charge on any atom is -0.457 e. The first-order chi connectivity index (χ1) is 20.1. The van der Waals surface area contributed by atoms with Gasteiger partial charge in [-0.15, -0.1) is 0 Å². The molecule has 214 valence electrons. The van der Waals surface area contributed by atoms with Crippen molar-refractivity contribution in [1.82, 2.24) is 0 Å². The third-order valence-electron chi connectivity index (χ3n) is 7.91. The maximum absolute atomic E-state index is 12.8. The van der Waals surface area contributed by atoms with Crippen LogP contribution in [0.3, 0.4) is 0 Å². The molecule has 5 rings (SSSR count). The highest BCUT2D eigenvalue weighted by Crippen LogP contribution is 2.34. The number of aryl methyl sites for hydroxylation is 1. The zero-order valence-corrected chi connectivity index (χ0v) is 24.4. The summed E-state index contributed by atoms with van der Waals surface area (Å²) in [5.74, 6) is -0.267. The number of anilines is 1. The van der Waals surface area contributed by atoms with E-state index >= 15 is 0 Å². The Morgan fingerprint density at radius 2 is 1.38 bits per heavy atom. The summed E-state index contributed by atoms with van der Waals surface area (Å²) in [5, 5.41) is 0. The number of hydrogen-bond donors (Lipinski definition) is 0. The second kappa shape index (κ2) is 12.0. The highest BCUT2D eigenvalue weighted by Gasteiger charge is 2.37. The van der Waals surface area contributed by atoms with Gasteiger partial charge in [0.15, 0.2) is 6.10 Å². The Kier molecular flexibility index (Phi) is 8.25. The summed E-state index contributed by atoms with van der Waals surface area (Å²) in [5.41, 5.74) is 4.49. The number of amides is 1. The second-order valence-corrected chi connectivity index (χ2v) is 11.3. The third-order valence-corrected chi connectivity index (χ3v) is 7.91. The van der Waals surface area contributed by atoms with E-state index in [9.17, 15) is 14.4 Å². The molecule has 1 saturated heterocycles. The molecule has 0 aromatic heterocycles. The lowest BCUT2D eigenvalue weighted by Crippen LogP contribution is -2.30. The number of carbonyl (C=O) groups is 3. The van der Waals surface area contributed by atoms with Gasteiger partial charge in [0.05, 0.1) is 5.92 Å². The molecule has 1 amide bonds. The van der Waals surface area contributed by atoms with E-state index in [1.165, 1.54) is 11.1 Å². The fourth-order valence-electron chi connectivity index (χ4n) is 5.18. The van der Waals surface area contributed by atoms with Gasteiger partial charge in [0.1, 0.15) is 11.5 Å². The average Bonchev–Trinajstić information content (AvgIpc) is 3.40. The molecular weight excluding hydrogens is 526 g/mol. The molecule has 0 saturated carbocycles. The minimum atomic E-state index is -0.931. The number of esters is 1. The fourth-order valence-corrected chi connectivity index (χ4v) is 5.18. The van der Waals surface area contributed by atoms with Gasteiger partial charge in [0.2, 0.25) is 11.7 Å². The molecule has 0 spiro atoms. The van der Waals surface area contributed by atoms with Crippen LogP contribution in [0.25, 0.3) is 0 Å². The molecule has 2 atom stereocenters. The fraction of sp³-hybridized carbons (Fsp3) is 0.250. The minimum absolute atomic E-state index is 0.0359. The Hall–Kier alpha value is -4.71. The number of carbonyl (C=O) groups excluding carboxylic acids is 3. The molecule has 0 aliphatic carbocycles. The molecule has 6 heteroatoms. The van der Waals surface area contributed by atoms with Crippen LogP contribution in [0.4, 0.5) is 5.69 Å². The number of rotatable bonds is 9. The number of nitrogens with zero attached hydrogens (tertiary/aromatic N) is 1. The molecule has 4 aromatic carbocycles. The molecule has 0 unspecified atom stereocenters. The van der Waals surface area contributed by atoms with Crippen molar-refractivity contribution in [2.45, 2.75) is 45.6 Å². The zero-order valence-electron chi connectivity index (χ0n) is 24.4. The molecule has 42 heavy (non-hydrogen) atoms. The topological polar surface area (TPSA) is 72.9 Å². The van der Waals surface area contributed by atoms with Gasteiger partial charge in [-0.2, -0.15) is 0 Å². The van der Waals surface area contributed by atoms with Gasteiger partial charge in [0.25, 0.3) is 0 Å². The first kappa shape index (κ1) is 28.8. The van der Waals surface area contributed by atoms with Crippen LogP contribution in [0, 0.1) is 12.8 Å². The summed E-state index contributed by atoms with van der Waals surface area (Å²) < 4.78 is 11.5. The average molecular weight is 562 g/mol. The van der Waals surface area contributed by atoms with Crippen molar-refractivity contribution in [2.75, 3.05) is 11.4 Å². The van der Waals surface area contributed by atoms with Gasteiger partial charge in [0, 0.05) is 29.6 Å². The Morgan fingerprint density at radius 3 is 2.00 bits per heavy atom. The van der Waals surface area contributed by atoms with E-state index in [4.69, 9.17) is 9.47 Å². The summed E-state index contributed by atoms with van der Waals surface area (Å²) in [6.07, 6.45) is -0.895. The summed E-state index contributed by atoms with van der Waals surface area (Å²) >= 11 is 0. The van der Waals surface area contributed by atoms with Crippen molar-refractivity contribution < 1.29 is 23.9 Å². The lowest BCUT2D eigenvalue weighted by molar-refractivity contribution is -0.151. The largest absolute Gasteiger partial charge is 0.457 e. The summed E-state index contributed by atoms with van der Waals surface area (Å²) in [6, 6.07) is 32.8. The summed E-state index contributed by atoms with van der Waals surface area (Å²) in [4.78, 5) is 39.8. The molecule has 6 nitrogen and oxygen atoms in total. The summed E-state index contributed by atoms with van der Waals surface area (Å²) in [7, 11) is 0. The first-order valence-corrected chi connectivity index (χ1v) is 14.2. The van der Waals surface area contributed by atoms with Crippen LogP contribution in [-0.2, 0) is 19.7 Å². The molecule has 1 heterocycles. The van der Waals surface area contributed by atoms with Crippen LogP contribution in [0.5, 0.6) is 11.5 Å². The van der Waals surface area contributed by atoms with Crippen molar-refractivity contribution >= 4 is 23.3 Å². The maximum atomic E-state index is 12.8. The molecule has 0 N–H and O–H groups in total. The highest BCUT2D eigenvalue weighted by molar-refractivity contribution is 6.02. The van der Waals surface area contributed by atoms with Crippen molar-refractivity contribution in [3.63, 3.8) is 0 Å². The van der Waals surface area contributed by atoms with E-state index in [1.807, 2.05) is 37.3 Å². The van der Waals surface area contributed by atoms with Crippen LogP contribution < -0.4 is 9.64 Å². The Bertz CT molecular complexity index is 1560. The van der Waals surface area contributed by atoms with Crippen molar-refractivity contribution in [3.05, 3.63) is 125 Å². The van der Waals surface area contributed by atoms with Crippen LogP contribution in [0.2, 0.25) is 0 Å². The smallest absolute Gasteiger partial charge is 0.312 e. The number of ketones is 1. The lowest BCUT2D eigenvalue weighted by Gasteiger charge is -2.26. The molecule has 1 aliphatic rings. The Morgan fingerprint density at radius 1 is 0.810 bits per heavy atom. The zero-order chi connectivity index (χ0) is 29.9. The van der Waals surface area contributed by atoms with Gasteiger partial charge in [-0.25, -0.2) is 0 Å². The van der Waals surface area contributed by atoms with E-state index in [0.29, 0.717) is 22.7 Å². The molecular formula is C36H35NO5. The van der Waals surface area contributed by atoms with Crippen molar-refractivity contribution in [1.29, 1.82) is 0 Å². The SMILES string of the molecule is Cc1ccc(C(=O)[C@@H](C)OC(=O)[C@H]2CC(=O)N(c3ccc(Oc4ccc(C(C)(C)c5ccccc5)cc4)cc3)C2)cc1. The Labute approximate surface area is 246 Å². The predicted octanol–water partition coefficient (Wildman–Crippen LogP) is 7.28. The monoisotopic (exact) mass is 561 g/mol. The molecule has 0 radical (unpaired) electrons. The maximum Gasteiger partial charge on any atom is 0.312 e. The van der Waals surface area contributed by atoms with Gasteiger partial charge < -0.3 is 14.4 Å². The standard InChI is InChI=1S/C36H35NO5/c1-24-10-12-26(13-11-24)34(39)25(2)41-35(40)27-22-33(38)37(23-27)30-16-20-32(21-17-30)42-31-18-14-29(15-19-31)36(3,4)28-8-6-5-7-9-28/h5-21,25,27H,22-23H2,1-4H3/t25-,27+/m1/s1. The van der Waals surface area contributed by atoms with Crippen molar-refractivity contribution in [3.8, 4) is 11.5 Å². The van der Waals surface area contributed by atoms with Gasteiger partial charge in [-0.1, -0.05) is 86.1 Å². The van der Waals surface area contributed by atoms with Crippen LogP contribution in [-0.4, -0.2) is 30.3 Å². The quantitative estimate of drug-likeness (QED) is 0.159. The van der Waals surface area contributed by atoms with Crippen LogP contribution >= 0.6 is 0 Å². The van der Waals surface area contributed by atoms with E-state index in [0.717, 1.165) is 5.56 Å². The molecule has 4 aromatic rings. The van der Waals surface area contributed by atoms with Crippen LogP contribution in [0.1, 0.15) is 54.2 Å². The van der Waals surface area contributed by atoms with Gasteiger partial charge in [-0.05, 0) is 61.4 Å². The normalized spacial score (nSPS) is 15.8. The highest BCUT2D eigenvalue weighted by atomic mass is 16.5. The van der Waals surface area contributed by atoms with E-state index in [1.54, 1.807) is 48.2 Å². The van der Waals surface area contributed by atoms with E-state index in [2.05, 4.69) is 50.2 Å². The third kappa shape index (κ3) is 6.28. The molecule has 1 fully saturated rings. The van der Waals surface area contributed by atoms with Gasteiger partial charge in [-0.3, -0.25) is 14.4 Å². The van der Waals surface area contributed by atoms with E-state index < -0.39 is 18.0 Å². The van der Waals surface area contributed by atoms with Gasteiger partial charge >= 0.3 is 5.97 Å². The van der Waals surface area contributed by atoms with Crippen LogP contribution in [0.15, 0.2) is 103 Å². The number of ether oxygens (including phenoxy) is 2. The lowest BCUT2D eigenvalue weighted by atomic mass is 9.78.